The van der Waals surface area contributed by atoms with Crippen molar-refractivity contribution in [2.75, 3.05) is 19.0 Å². The van der Waals surface area contributed by atoms with Crippen molar-refractivity contribution in [1.29, 1.82) is 0 Å². The molecule has 0 unspecified atom stereocenters. The molecule has 1 aliphatic heterocycles. The molecule has 0 saturated carbocycles. The first kappa shape index (κ1) is 11.9. The summed E-state index contributed by atoms with van der Waals surface area (Å²) in [6, 6.07) is 3.97. The third-order valence-corrected chi connectivity index (χ3v) is 3.23. The van der Waals surface area contributed by atoms with E-state index in [4.69, 9.17) is 4.74 Å². The third kappa shape index (κ3) is 2.12. The number of nitrogens with one attached hydrogen (secondary N) is 1. The maximum atomic E-state index is 11.7. The predicted octanol–water partition coefficient (Wildman–Crippen LogP) is 1.89. The van der Waals surface area contributed by atoms with Crippen molar-refractivity contribution in [2.45, 2.75) is 32.1 Å². The molecule has 2 heterocycles. The van der Waals surface area contributed by atoms with E-state index in [0.717, 1.165) is 30.9 Å². The van der Waals surface area contributed by atoms with E-state index in [1.807, 2.05) is 19.9 Å². The Morgan fingerprint density at radius 2 is 2.24 bits per heavy atom. The Kier molecular flexibility index (Phi) is 3.05. The average molecular weight is 234 g/mol. The Morgan fingerprint density at radius 1 is 1.47 bits per heavy atom. The summed E-state index contributed by atoms with van der Waals surface area (Å²) < 4.78 is 4.81. The fraction of sp³-hybridized carbons (Fsp3) is 0.538. The Morgan fingerprint density at radius 3 is 2.94 bits per heavy atom. The van der Waals surface area contributed by atoms with Gasteiger partial charge >= 0.3 is 5.97 Å². The summed E-state index contributed by atoms with van der Waals surface area (Å²) in [5.74, 6) is 0.645. The summed E-state index contributed by atoms with van der Waals surface area (Å²) in [6.07, 6.45) is 2.18. The van der Waals surface area contributed by atoms with Gasteiger partial charge in [0.15, 0.2) is 0 Å². The van der Waals surface area contributed by atoms with Crippen molar-refractivity contribution >= 4 is 11.8 Å². The minimum atomic E-state index is -0.705. The standard InChI is InChI=1S/C13H18N2O2/c1-13(2,12(16)17-3)10-7-6-9-5-4-8-14-11(9)15-10/h6-7H,4-5,8H2,1-3H3,(H,14,15). The molecule has 4 nitrogen and oxygen atoms in total. The normalized spacial score (nSPS) is 14.8. The molecule has 0 bridgehead atoms. The Labute approximate surface area is 101 Å². The highest BCUT2D eigenvalue weighted by molar-refractivity contribution is 5.81. The number of aryl methyl sites for hydroxylation is 1. The van der Waals surface area contributed by atoms with Crippen LogP contribution < -0.4 is 5.32 Å². The predicted molar refractivity (Wildman–Crippen MR) is 66.1 cm³/mol. The first-order valence-corrected chi connectivity index (χ1v) is 5.88. The molecule has 0 saturated heterocycles. The van der Waals surface area contributed by atoms with Crippen LogP contribution in [0.4, 0.5) is 5.82 Å². The largest absolute Gasteiger partial charge is 0.468 e. The van der Waals surface area contributed by atoms with E-state index in [1.54, 1.807) is 0 Å². The van der Waals surface area contributed by atoms with E-state index in [0.29, 0.717) is 0 Å². The highest BCUT2D eigenvalue weighted by atomic mass is 16.5. The van der Waals surface area contributed by atoms with Gasteiger partial charge in [0, 0.05) is 6.54 Å². The number of rotatable bonds is 2. The molecule has 1 aromatic rings. The van der Waals surface area contributed by atoms with Crippen LogP contribution in [0.3, 0.4) is 0 Å². The van der Waals surface area contributed by atoms with Crippen LogP contribution in [-0.4, -0.2) is 24.6 Å². The molecule has 1 aromatic heterocycles. The van der Waals surface area contributed by atoms with Crippen molar-refractivity contribution < 1.29 is 9.53 Å². The van der Waals surface area contributed by atoms with E-state index < -0.39 is 5.41 Å². The van der Waals surface area contributed by atoms with Gasteiger partial charge < -0.3 is 10.1 Å². The lowest BCUT2D eigenvalue weighted by molar-refractivity contribution is -0.146. The summed E-state index contributed by atoms with van der Waals surface area (Å²) in [5.41, 5.74) is 1.27. The highest BCUT2D eigenvalue weighted by Gasteiger charge is 2.33. The fourth-order valence-electron chi connectivity index (χ4n) is 2.04. The number of carbonyl (C=O) groups excluding carboxylic acids is 1. The van der Waals surface area contributed by atoms with Crippen molar-refractivity contribution in [3.05, 3.63) is 23.4 Å². The van der Waals surface area contributed by atoms with Crippen LogP contribution in [0.25, 0.3) is 0 Å². The summed E-state index contributed by atoms with van der Waals surface area (Å²) in [6.45, 7) is 4.61. The zero-order valence-corrected chi connectivity index (χ0v) is 10.5. The number of hydrogen-bond donors (Lipinski definition) is 1. The van der Waals surface area contributed by atoms with Crippen molar-refractivity contribution in [2.24, 2.45) is 0 Å². The lowest BCUT2D eigenvalue weighted by atomic mass is 9.88. The van der Waals surface area contributed by atoms with Crippen molar-refractivity contribution in [1.82, 2.24) is 4.98 Å². The highest BCUT2D eigenvalue weighted by Crippen LogP contribution is 2.27. The molecule has 1 N–H and O–H groups in total. The molecule has 0 aliphatic carbocycles. The molecule has 0 amide bonds. The fourth-order valence-corrected chi connectivity index (χ4v) is 2.04. The molecule has 92 valence electrons. The van der Waals surface area contributed by atoms with Gasteiger partial charge in [-0.1, -0.05) is 6.07 Å². The minimum absolute atomic E-state index is 0.263. The number of anilines is 1. The molecule has 0 fully saturated rings. The molecule has 0 spiro atoms. The smallest absolute Gasteiger partial charge is 0.317 e. The van der Waals surface area contributed by atoms with Gasteiger partial charge in [0.2, 0.25) is 0 Å². The van der Waals surface area contributed by atoms with Gasteiger partial charge in [-0.2, -0.15) is 0 Å². The van der Waals surface area contributed by atoms with Gasteiger partial charge in [0.25, 0.3) is 0 Å². The molecule has 1 aliphatic rings. The number of fused-ring (bicyclic) bond motifs is 1. The van der Waals surface area contributed by atoms with Crippen LogP contribution in [0, 0.1) is 0 Å². The number of nitrogens with zero attached hydrogens (tertiary/aromatic N) is 1. The van der Waals surface area contributed by atoms with Crippen LogP contribution in [0.5, 0.6) is 0 Å². The van der Waals surface area contributed by atoms with Crippen LogP contribution in [-0.2, 0) is 21.4 Å². The van der Waals surface area contributed by atoms with Gasteiger partial charge in [0.05, 0.1) is 12.8 Å². The zero-order chi connectivity index (χ0) is 12.5. The van der Waals surface area contributed by atoms with Gasteiger partial charge in [0.1, 0.15) is 11.2 Å². The molecular formula is C13H18N2O2. The third-order valence-electron chi connectivity index (χ3n) is 3.23. The van der Waals surface area contributed by atoms with E-state index >= 15 is 0 Å². The summed E-state index contributed by atoms with van der Waals surface area (Å²) >= 11 is 0. The van der Waals surface area contributed by atoms with Crippen LogP contribution in [0.2, 0.25) is 0 Å². The van der Waals surface area contributed by atoms with Crippen LogP contribution in [0.15, 0.2) is 12.1 Å². The second-order valence-corrected chi connectivity index (χ2v) is 4.85. The van der Waals surface area contributed by atoms with E-state index in [-0.39, 0.29) is 5.97 Å². The molecule has 0 radical (unpaired) electrons. The lowest BCUT2D eigenvalue weighted by Crippen LogP contribution is -2.31. The Bertz CT molecular complexity index is 441. The molecule has 4 heteroatoms. The first-order valence-electron chi connectivity index (χ1n) is 5.88. The molecular weight excluding hydrogens is 216 g/mol. The minimum Gasteiger partial charge on any atom is -0.468 e. The van der Waals surface area contributed by atoms with Gasteiger partial charge in [-0.05, 0) is 38.3 Å². The number of ether oxygens (including phenoxy) is 1. The van der Waals surface area contributed by atoms with E-state index in [1.165, 1.54) is 12.7 Å². The summed E-state index contributed by atoms with van der Waals surface area (Å²) in [5, 5.41) is 3.27. The van der Waals surface area contributed by atoms with Crippen LogP contribution in [0.1, 0.15) is 31.5 Å². The maximum absolute atomic E-state index is 11.7. The number of pyridine rings is 1. The second kappa shape index (κ2) is 4.35. The topological polar surface area (TPSA) is 51.2 Å². The van der Waals surface area contributed by atoms with E-state index in [9.17, 15) is 4.79 Å². The number of carbonyl (C=O) groups is 1. The van der Waals surface area contributed by atoms with Crippen molar-refractivity contribution in [3.8, 4) is 0 Å². The first-order chi connectivity index (χ1) is 8.05. The number of methoxy groups -OCH3 is 1. The Balaban J connectivity index is 2.36. The monoisotopic (exact) mass is 234 g/mol. The van der Waals surface area contributed by atoms with Gasteiger partial charge in [-0.15, -0.1) is 0 Å². The molecule has 0 aromatic carbocycles. The molecule has 17 heavy (non-hydrogen) atoms. The lowest BCUT2D eigenvalue weighted by Gasteiger charge is -2.24. The van der Waals surface area contributed by atoms with Gasteiger partial charge in [-0.3, -0.25) is 4.79 Å². The maximum Gasteiger partial charge on any atom is 0.317 e. The average Bonchev–Trinajstić information content (AvgIpc) is 2.37. The number of hydrogen-bond acceptors (Lipinski definition) is 4. The Hall–Kier alpha value is -1.58. The van der Waals surface area contributed by atoms with E-state index in [2.05, 4.69) is 16.4 Å². The number of esters is 1. The van der Waals surface area contributed by atoms with Crippen molar-refractivity contribution in [3.63, 3.8) is 0 Å². The molecule has 2 rings (SSSR count). The zero-order valence-electron chi connectivity index (χ0n) is 10.5. The number of aromatic nitrogens is 1. The quantitative estimate of drug-likeness (QED) is 0.794. The SMILES string of the molecule is COC(=O)C(C)(C)c1ccc2c(n1)NCCC2. The second-order valence-electron chi connectivity index (χ2n) is 4.85. The summed E-state index contributed by atoms with van der Waals surface area (Å²) in [7, 11) is 1.40. The van der Waals surface area contributed by atoms with Crippen LogP contribution >= 0.6 is 0 Å². The van der Waals surface area contributed by atoms with Gasteiger partial charge in [-0.25, -0.2) is 4.98 Å². The molecule has 0 atom stereocenters. The summed E-state index contributed by atoms with van der Waals surface area (Å²) in [4.78, 5) is 16.3.